The SMILES string of the molecule is O=C([O-])[C@H](O)CN1CCN(C[C@@H](O)C(=O)[O-])CCN(C[C@@H](O)C(=O)[O-])CC1.[Li+].[Li+].[Li+]. The van der Waals surface area contributed by atoms with Gasteiger partial charge in [0.25, 0.3) is 0 Å². The molecule has 0 aliphatic carbocycles. The van der Waals surface area contributed by atoms with Crippen LogP contribution in [0.1, 0.15) is 0 Å². The monoisotopic (exact) mass is 411 g/mol. The van der Waals surface area contributed by atoms with Crippen molar-refractivity contribution >= 4 is 17.9 Å². The Morgan fingerprint density at radius 3 is 0.867 bits per heavy atom. The molecule has 1 saturated heterocycles. The Balaban J connectivity index is -0.00000243. The van der Waals surface area contributed by atoms with Gasteiger partial charge in [-0.15, -0.1) is 0 Å². The molecule has 30 heavy (non-hydrogen) atoms. The van der Waals surface area contributed by atoms with Gasteiger partial charge in [-0.2, -0.15) is 0 Å². The molecule has 0 aromatic heterocycles. The van der Waals surface area contributed by atoms with Gasteiger partial charge >= 0.3 is 56.6 Å². The number of aliphatic hydroxyl groups is 3. The summed E-state index contributed by atoms with van der Waals surface area (Å²) in [6, 6.07) is 0. The van der Waals surface area contributed by atoms with Gasteiger partial charge in [0.15, 0.2) is 0 Å². The molecule has 0 bridgehead atoms. The summed E-state index contributed by atoms with van der Waals surface area (Å²) in [4.78, 5) is 37.0. The van der Waals surface area contributed by atoms with Crippen molar-refractivity contribution in [2.75, 3.05) is 58.9 Å². The van der Waals surface area contributed by atoms with Crippen molar-refractivity contribution in [3.05, 3.63) is 0 Å². The van der Waals surface area contributed by atoms with Gasteiger partial charge in [0.1, 0.15) is 18.3 Å². The van der Waals surface area contributed by atoms with Crippen molar-refractivity contribution in [1.29, 1.82) is 0 Å². The number of aliphatic hydroxyl groups excluding tert-OH is 3. The van der Waals surface area contributed by atoms with Gasteiger partial charge in [0.05, 0.1) is 17.9 Å². The van der Waals surface area contributed by atoms with Gasteiger partial charge < -0.3 is 45.0 Å². The molecule has 1 heterocycles. The smallest absolute Gasteiger partial charge is 0.547 e. The first-order chi connectivity index (χ1) is 12.6. The van der Waals surface area contributed by atoms with E-state index in [9.17, 15) is 45.0 Å². The van der Waals surface area contributed by atoms with Gasteiger partial charge in [-0.3, -0.25) is 14.7 Å². The number of carboxylic acid groups (broad SMARTS) is 3. The number of carbonyl (C=O) groups is 3. The molecule has 15 heteroatoms. The van der Waals surface area contributed by atoms with Crippen LogP contribution in [0.2, 0.25) is 0 Å². The molecule has 1 fully saturated rings. The fraction of sp³-hybridized carbons (Fsp3) is 0.800. The second-order valence-electron chi connectivity index (χ2n) is 6.41. The van der Waals surface area contributed by atoms with Gasteiger partial charge in [0, 0.05) is 58.9 Å². The molecule has 1 aliphatic rings. The van der Waals surface area contributed by atoms with Gasteiger partial charge in [-0.05, 0) is 0 Å². The van der Waals surface area contributed by atoms with E-state index in [0.29, 0.717) is 0 Å². The number of aliphatic carboxylic acids is 3. The number of β-amino-alcohol motifs (C(OH)–C–C–N with tert-alkyl or cyclic N) is 3. The zero-order chi connectivity index (χ0) is 20.6. The summed E-state index contributed by atoms with van der Waals surface area (Å²) >= 11 is 0. The molecule has 3 atom stereocenters. The predicted octanol–water partition coefficient (Wildman–Crippen LogP) is -16.7. The summed E-state index contributed by atoms with van der Waals surface area (Å²) in [5.41, 5.74) is 0. The van der Waals surface area contributed by atoms with E-state index in [1.54, 1.807) is 14.7 Å². The van der Waals surface area contributed by atoms with E-state index >= 15 is 0 Å². The molecular formula is C15H24Li3N3O9. The van der Waals surface area contributed by atoms with Crippen molar-refractivity contribution in [2.24, 2.45) is 0 Å². The fourth-order valence-corrected chi connectivity index (χ4v) is 2.69. The van der Waals surface area contributed by atoms with Crippen LogP contribution in [0.3, 0.4) is 0 Å². The molecular weight excluding hydrogens is 387 g/mol. The number of hydrogen-bond acceptors (Lipinski definition) is 12. The summed E-state index contributed by atoms with van der Waals surface area (Å²) in [7, 11) is 0. The molecule has 0 unspecified atom stereocenters. The molecule has 1 aliphatic heterocycles. The number of rotatable bonds is 9. The van der Waals surface area contributed by atoms with E-state index < -0.39 is 36.2 Å². The van der Waals surface area contributed by atoms with Gasteiger partial charge in [0.2, 0.25) is 0 Å². The van der Waals surface area contributed by atoms with Crippen LogP contribution in [-0.2, 0) is 14.4 Å². The van der Waals surface area contributed by atoms with Crippen LogP contribution in [0.15, 0.2) is 0 Å². The third-order valence-electron chi connectivity index (χ3n) is 4.31. The van der Waals surface area contributed by atoms with Gasteiger partial charge in [-0.25, -0.2) is 0 Å². The number of carboxylic acids is 3. The summed E-state index contributed by atoms with van der Waals surface area (Å²) in [5.74, 6) is -4.91. The Morgan fingerprint density at radius 2 is 0.733 bits per heavy atom. The topological polar surface area (TPSA) is 191 Å². The second kappa shape index (κ2) is 17.5. The second-order valence-corrected chi connectivity index (χ2v) is 6.41. The summed E-state index contributed by atoms with van der Waals surface area (Å²) in [6.45, 7) is 0.869. The Bertz CT molecular complexity index is 450. The first-order valence-electron chi connectivity index (χ1n) is 8.44. The Morgan fingerprint density at radius 1 is 0.567 bits per heavy atom. The fourth-order valence-electron chi connectivity index (χ4n) is 2.69. The molecule has 1 rings (SSSR count). The molecule has 0 saturated carbocycles. The van der Waals surface area contributed by atoms with E-state index in [1.165, 1.54) is 0 Å². The minimum atomic E-state index is -1.73. The van der Waals surface area contributed by atoms with Crippen molar-refractivity contribution in [1.82, 2.24) is 14.7 Å². The maximum Gasteiger partial charge on any atom is 1.00 e. The Kier molecular flexibility index (Phi) is 20.2. The van der Waals surface area contributed by atoms with E-state index in [4.69, 9.17) is 0 Å². The Hall–Kier alpha value is -0.0378. The molecule has 12 nitrogen and oxygen atoms in total. The van der Waals surface area contributed by atoms with Crippen LogP contribution in [0, 0.1) is 0 Å². The molecule has 0 spiro atoms. The predicted molar refractivity (Wildman–Crippen MR) is 82.4 cm³/mol. The largest absolute Gasteiger partial charge is 1.00 e. The van der Waals surface area contributed by atoms with Crippen LogP contribution in [-0.4, -0.2) is 125 Å². The Labute approximate surface area is 210 Å². The van der Waals surface area contributed by atoms with Crippen LogP contribution in [0.25, 0.3) is 0 Å². The maximum absolute atomic E-state index is 10.7. The molecule has 0 radical (unpaired) electrons. The third kappa shape index (κ3) is 13.4. The van der Waals surface area contributed by atoms with E-state index in [0.717, 1.165) is 0 Å². The van der Waals surface area contributed by atoms with Crippen molar-refractivity contribution in [3.8, 4) is 0 Å². The quantitative estimate of drug-likeness (QED) is 0.304. The minimum absolute atomic E-state index is 0. The van der Waals surface area contributed by atoms with Crippen LogP contribution >= 0.6 is 0 Å². The zero-order valence-electron chi connectivity index (χ0n) is 17.7. The summed E-state index contributed by atoms with van der Waals surface area (Å²) in [6.07, 6.45) is -5.18. The number of carbonyl (C=O) groups excluding carboxylic acids is 3. The first-order valence-corrected chi connectivity index (χ1v) is 8.44. The molecule has 3 N–H and O–H groups in total. The van der Waals surface area contributed by atoms with Crippen LogP contribution in [0.4, 0.5) is 0 Å². The number of hydrogen-bond donors (Lipinski definition) is 3. The molecule has 0 aromatic carbocycles. The van der Waals surface area contributed by atoms with E-state index in [2.05, 4.69) is 0 Å². The normalized spacial score (nSPS) is 19.3. The maximum atomic E-state index is 10.7. The molecule has 0 aromatic rings. The van der Waals surface area contributed by atoms with Crippen molar-refractivity contribution in [3.63, 3.8) is 0 Å². The summed E-state index contributed by atoms with van der Waals surface area (Å²) in [5, 5.41) is 60.7. The third-order valence-corrected chi connectivity index (χ3v) is 4.31. The molecule has 0 amide bonds. The van der Waals surface area contributed by atoms with Crippen LogP contribution < -0.4 is 71.9 Å². The van der Waals surface area contributed by atoms with Crippen molar-refractivity contribution in [2.45, 2.75) is 18.3 Å². The zero-order valence-corrected chi connectivity index (χ0v) is 17.7. The van der Waals surface area contributed by atoms with Gasteiger partial charge in [-0.1, -0.05) is 0 Å². The van der Waals surface area contributed by atoms with E-state index in [1.807, 2.05) is 0 Å². The standard InChI is InChI=1S/C15H27N3O9.3Li/c19-10(13(22)23)7-16-1-2-17(8-11(20)14(24)25)5-6-18(4-3-16)9-12(21)15(26)27;;;/h10-12,19-21H,1-9H2,(H,22,23)(H,24,25)(H,26,27);;;/q;3*+1/p-3/t10-,11-,12-;;;/m1.../s1. The first kappa shape index (κ1) is 34.6. The van der Waals surface area contributed by atoms with E-state index in [-0.39, 0.29) is 115 Å². The average molecular weight is 411 g/mol. The van der Waals surface area contributed by atoms with Crippen LogP contribution in [0.5, 0.6) is 0 Å². The summed E-state index contributed by atoms with van der Waals surface area (Å²) < 4.78 is 0. The number of nitrogens with zero attached hydrogens (tertiary/aromatic N) is 3. The average Bonchev–Trinajstić information content (AvgIpc) is 2.67. The minimum Gasteiger partial charge on any atom is -0.547 e. The molecule has 156 valence electrons. The van der Waals surface area contributed by atoms with Crippen molar-refractivity contribution < 1.29 is 102 Å².